The topological polar surface area (TPSA) is 12.0 Å². The summed E-state index contributed by atoms with van der Waals surface area (Å²) in [5, 5.41) is 6.12. The Morgan fingerprint density at radius 1 is 0.882 bits per heavy atom. The van der Waals surface area contributed by atoms with Gasteiger partial charge in [-0.1, -0.05) is 56.5 Å². The van der Waals surface area contributed by atoms with E-state index < -0.39 is 0 Å². The molecule has 1 heteroatoms. The SMILES string of the molecule is CCCCCCNc1ccc2ccccc2c1. The van der Waals surface area contributed by atoms with E-state index in [4.69, 9.17) is 0 Å². The van der Waals surface area contributed by atoms with Gasteiger partial charge in [-0.05, 0) is 29.3 Å². The molecule has 0 aliphatic carbocycles. The Balaban J connectivity index is 1.90. The Morgan fingerprint density at radius 2 is 1.71 bits per heavy atom. The molecule has 0 aliphatic rings. The monoisotopic (exact) mass is 227 g/mol. The van der Waals surface area contributed by atoms with Gasteiger partial charge in [0, 0.05) is 12.2 Å². The molecule has 2 aromatic carbocycles. The third-order valence-corrected chi connectivity index (χ3v) is 3.11. The lowest BCUT2D eigenvalue weighted by atomic mass is 10.1. The Kier molecular flexibility index (Phi) is 4.43. The van der Waals surface area contributed by atoms with E-state index in [1.807, 2.05) is 0 Å². The zero-order chi connectivity index (χ0) is 11.9. The summed E-state index contributed by atoms with van der Waals surface area (Å²) in [7, 11) is 0. The third-order valence-electron chi connectivity index (χ3n) is 3.11. The maximum atomic E-state index is 3.50. The zero-order valence-corrected chi connectivity index (χ0v) is 10.6. The molecule has 0 spiro atoms. The van der Waals surface area contributed by atoms with Gasteiger partial charge in [-0.15, -0.1) is 0 Å². The van der Waals surface area contributed by atoms with Crippen molar-refractivity contribution in [1.82, 2.24) is 0 Å². The van der Waals surface area contributed by atoms with Crippen molar-refractivity contribution in [3.05, 3.63) is 42.5 Å². The minimum absolute atomic E-state index is 1.08. The van der Waals surface area contributed by atoms with Gasteiger partial charge < -0.3 is 5.32 Å². The van der Waals surface area contributed by atoms with Crippen molar-refractivity contribution in [2.75, 3.05) is 11.9 Å². The minimum atomic E-state index is 1.08. The van der Waals surface area contributed by atoms with Crippen molar-refractivity contribution in [3.8, 4) is 0 Å². The fourth-order valence-corrected chi connectivity index (χ4v) is 2.08. The molecule has 0 heterocycles. The molecule has 0 amide bonds. The van der Waals surface area contributed by atoms with Crippen LogP contribution in [0.2, 0.25) is 0 Å². The first-order chi connectivity index (χ1) is 8.40. The second-order valence-electron chi connectivity index (χ2n) is 4.55. The summed E-state index contributed by atoms with van der Waals surface area (Å²) in [6.07, 6.45) is 5.24. The van der Waals surface area contributed by atoms with Gasteiger partial charge in [-0.3, -0.25) is 0 Å². The number of fused-ring (bicyclic) bond motifs is 1. The smallest absolute Gasteiger partial charge is 0.0346 e. The second-order valence-corrected chi connectivity index (χ2v) is 4.55. The average molecular weight is 227 g/mol. The lowest BCUT2D eigenvalue weighted by Crippen LogP contribution is -2.00. The van der Waals surface area contributed by atoms with Gasteiger partial charge >= 0.3 is 0 Å². The van der Waals surface area contributed by atoms with Crippen molar-refractivity contribution >= 4 is 16.5 Å². The molecule has 1 nitrogen and oxygen atoms in total. The van der Waals surface area contributed by atoms with E-state index in [0.717, 1.165) is 6.54 Å². The largest absolute Gasteiger partial charge is 0.385 e. The third kappa shape index (κ3) is 3.48. The molecule has 2 rings (SSSR count). The molecule has 17 heavy (non-hydrogen) atoms. The number of hydrogen-bond donors (Lipinski definition) is 1. The highest BCUT2D eigenvalue weighted by Crippen LogP contribution is 2.18. The molecule has 0 unspecified atom stereocenters. The summed E-state index contributed by atoms with van der Waals surface area (Å²) in [6, 6.07) is 15.1. The number of hydrogen-bond acceptors (Lipinski definition) is 1. The first kappa shape index (κ1) is 12.0. The second kappa shape index (κ2) is 6.29. The fourth-order valence-electron chi connectivity index (χ4n) is 2.08. The van der Waals surface area contributed by atoms with Crippen LogP contribution in [-0.4, -0.2) is 6.54 Å². The molecule has 0 radical (unpaired) electrons. The molecule has 1 N–H and O–H groups in total. The molecular weight excluding hydrogens is 206 g/mol. The molecule has 0 aliphatic heterocycles. The van der Waals surface area contributed by atoms with Crippen LogP contribution in [0.15, 0.2) is 42.5 Å². The van der Waals surface area contributed by atoms with E-state index in [1.165, 1.54) is 42.1 Å². The molecule has 0 fully saturated rings. The number of anilines is 1. The van der Waals surface area contributed by atoms with E-state index in [-0.39, 0.29) is 0 Å². The number of unbranched alkanes of at least 4 members (excludes halogenated alkanes) is 3. The van der Waals surface area contributed by atoms with Crippen molar-refractivity contribution in [2.45, 2.75) is 32.6 Å². The lowest BCUT2D eigenvalue weighted by Gasteiger charge is -2.07. The molecular formula is C16H21N. The zero-order valence-electron chi connectivity index (χ0n) is 10.6. The predicted molar refractivity (Wildman–Crippen MR) is 76.6 cm³/mol. The number of rotatable bonds is 6. The predicted octanol–water partition coefficient (Wildman–Crippen LogP) is 4.83. The van der Waals surface area contributed by atoms with Crippen molar-refractivity contribution < 1.29 is 0 Å². The van der Waals surface area contributed by atoms with E-state index >= 15 is 0 Å². The fraction of sp³-hybridized carbons (Fsp3) is 0.375. The molecule has 0 atom stereocenters. The summed E-state index contributed by atoms with van der Waals surface area (Å²) >= 11 is 0. The quantitative estimate of drug-likeness (QED) is 0.697. The molecule has 2 aromatic rings. The molecule has 90 valence electrons. The summed E-state index contributed by atoms with van der Waals surface area (Å²) in [4.78, 5) is 0. The minimum Gasteiger partial charge on any atom is -0.385 e. The van der Waals surface area contributed by atoms with E-state index in [1.54, 1.807) is 0 Å². The van der Waals surface area contributed by atoms with Gasteiger partial charge in [-0.25, -0.2) is 0 Å². The Labute approximate surface area is 104 Å². The highest BCUT2D eigenvalue weighted by Gasteiger charge is 1.95. The van der Waals surface area contributed by atoms with Crippen LogP contribution in [0.25, 0.3) is 10.8 Å². The molecule has 0 saturated carbocycles. The first-order valence-electron chi connectivity index (χ1n) is 6.63. The summed E-state index contributed by atoms with van der Waals surface area (Å²) < 4.78 is 0. The maximum absolute atomic E-state index is 3.50. The Hall–Kier alpha value is -1.50. The van der Waals surface area contributed by atoms with Crippen molar-refractivity contribution in [1.29, 1.82) is 0 Å². The standard InChI is InChI=1S/C16H21N/c1-2-3-4-7-12-17-16-11-10-14-8-5-6-9-15(14)13-16/h5-6,8-11,13,17H,2-4,7,12H2,1H3. The molecule has 0 bridgehead atoms. The maximum Gasteiger partial charge on any atom is 0.0346 e. The van der Waals surface area contributed by atoms with Crippen LogP contribution in [-0.2, 0) is 0 Å². The van der Waals surface area contributed by atoms with E-state index in [0.29, 0.717) is 0 Å². The Morgan fingerprint density at radius 3 is 2.53 bits per heavy atom. The van der Waals surface area contributed by atoms with Crippen LogP contribution in [0.3, 0.4) is 0 Å². The van der Waals surface area contributed by atoms with Crippen LogP contribution in [0, 0.1) is 0 Å². The van der Waals surface area contributed by atoms with Crippen LogP contribution in [0.1, 0.15) is 32.6 Å². The highest BCUT2D eigenvalue weighted by atomic mass is 14.9. The summed E-state index contributed by atoms with van der Waals surface area (Å²) in [5.74, 6) is 0. The van der Waals surface area contributed by atoms with Crippen LogP contribution in [0.5, 0.6) is 0 Å². The van der Waals surface area contributed by atoms with Crippen LogP contribution in [0.4, 0.5) is 5.69 Å². The summed E-state index contributed by atoms with van der Waals surface area (Å²) in [5.41, 5.74) is 1.24. The van der Waals surface area contributed by atoms with Gasteiger partial charge in [0.15, 0.2) is 0 Å². The number of nitrogens with one attached hydrogen (secondary N) is 1. The van der Waals surface area contributed by atoms with E-state index in [2.05, 4.69) is 54.7 Å². The normalized spacial score (nSPS) is 10.6. The van der Waals surface area contributed by atoms with Gasteiger partial charge in [0.1, 0.15) is 0 Å². The van der Waals surface area contributed by atoms with Crippen molar-refractivity contribution in [3.63, 3.8) is 0 Å². The van der Waals surface area contributed by atoms with Gasteiger partial charge in [0.05, 0.1) is 0 Å². The number of benzene rings is 2. The van der Waals surface area contributed by atoms with Crippen LogP contribution >= 0.6 is 0 Å². The molecule has 0 aromatic heterocycles. The average Bonchev–Trinajstić information content (AvgIpc) is 2.38. The van der Waals surface area contributed by atoms with Gasteiger partial charge in [0.2, 0.25) is 0 Å². The first-order valence-corrected chi connectivity index (χ1v) is 6.63. The van der Waals surface area contributed by atoms with Crippen LogP contribution < -0.4 is 5.32 Å². The molecule has 0 saturated heterocycles. The lowest BCUT2D eigenvalue weighted by molar-refractivity contribution is 0.685. The Bertz CT molecular complexity index is 462. The highest BCUT2D eigenvalue weighted by molar-refractivity contribution is 5.85. The van der Waals surface area contributed by atoms with Gasteiger partial charge in [-0.2, -0.15) is 0 Å². The van der Waals surface area contributed by atoms with Gasteiger partial charge in [0.25, 0.3) is 0 Å². The van der Waals surface area contributed by atoms with E-state index in [9.17, 15) is 0 Å². The van der Waals surface area contributed by atoms with Crippen molar-refractivity contribution in [2.24, 2.45) is 0 Å². The summed E-state index contributed by atoms with van der Waals surface area (Å²) in [6.45, 7) is 3.33.